The summed E-state index contributed by atoms with van der Waals surface area (Å²) in [5.74, 6) is -3.64. The van der Waals surface area contributed by atoms with Crippen LogP contribution >= 0.6 is 0 Å². The second-order valence-corrected chi connectivity index (χ2v) is 6.36. The number of anilines is 2. The molecule has 2 aromatic carbocycles. The molecule has 2 aromatic rings. The number of carbonyl (C=O) groups is 3. The van der Waals surface area contributed by atoms with Gasteiger partial charge >= 0.3 is 5.97 Å². The number of hydrogen-bond donors (Lipinski definition) is 1. The number of methoxy groups -OCH3 is 1. The number of halogens is 2. The van der Waals surface area contributed by atoms with Gasteiger partial charge in [-0.25, -0.2) is 8.78 Å². The number of benzene rings is 2. The van der Waals surface area contributed by atoms with Crippen LogP contribution in [-0.2, 0) is 19.1 Å². The molecule has 1 atom stereocenters. The Morgan fingerprint density at radius 3 is 2.72 bits per heavy atom. The zero-order valence-corrected chi connectivity index (χ0v) is 15.5. The third kappa shape index (κ3) is 4.68. The number of nitrogens with one attached hydrogen (secondary N) is 1. The van der Waals surface area contributed by atoms with Gasteiger partial charge in [0.05, 0.1) is 24.4 Å². The van der Waals surface area contributed by atoms with Gasteiger partial charge in [0, 0.05) is 19.0 Å². The van der Waals surface area contributed by atoms with Crippen molar-refractivity contribution < 1.29 is 32.6 Å². The number of rotatable bonds is 6. The minimum atomic E-state index is -0.825. The highest BCUT2D eigenvalue weighted by Crippen LogP contribution is 2.33. The molecule has 0 unspecified atom stereocenters. The topological polar surface area (TPSA) is 84.9 Å². The highest BCUT2D eigenvalue weighted by molar-refractivity contribution is 6.01. The molecule has 1 heterocycles. The van der Waals surface area contributed by atoms with E-state index < -0.39 is 36.0 Å². The molecule has 0 radical (unpaired) electrons. The fourth-order valence-electron chi connectivity index (χ4n) is 2.99. The van der Waals surface area contributed by atoms with Crippen molar-refractivity contribution in [1.82, 2.24) is 0 Å². The first kappa shape index (κ1) is 20.2. The third-order valence-corrected chi connectivity index (χ3v) is 4.38. The normalized spacial score (nSPS) is 15.9. The molecule has 0 aliphatic carbocycles. The Bertz CT molecular complexity index is 950. The van der Waals surface area contributed by atoms with Gasteiger partial charge < -0.3 is 19.7 Å². The van der Waals surface area contributed by atoms with Gasteiger partial charge in [0.1, 0.15) is 17.4 Å². The first-order valence-electron chi connectivity index (χ1n) is 8.74. The summed E-state index contributed by atoms with van der Waals surface area (Å²) in [6.45, 7) is -0.605. The molecule has 2 amide bonds. The van der Waals surface area contributed by atoms with Gasteiger partial charge in [-0.15, -0.1) is 0 Å². The molecule has 0 bridgehead atoms. The number of hydrogen-bond acceptors (Lipinski definition) is 5. The van der Waals surface area contributed by atoms with E-state index in [-0.39, 0.29) is 24.6 Å². The molecule has 7 nitrogen and oxygen atoms in total. The highest BCUT2D eigenvalue weighted by atomic mass is 19.1. The summed E-state index contributed by atoms with van der Waals surface area (Å²) in [7, 11) is 1.48. The monoisotopic (exact) mass is 404 g/mol. The Morgan fingerprint density at radius 2 is 1.97 bits per heavy atom. The van der Waals surface area contributed by atoms with Crippen molar-refractivity contribution in [2.45, 2.75) is 6.42 Å². The molecular weight excluding hydrogens is 386 g/mol. The van der Waals surface area contributed by atoms with Gasteiger partial charge in [0.25, 0.3) is 5.91 Å². The van der Waals surface area contributed by atoms with E-state index in [0.29, 0.717) is 11.4 Å². The van der Waals surface area contributed by atoms with Crippen LogP contribution in [0.2, 0.25) is 0 Å². The molecule has 1 aliphatic rings. The third-order valence-electron chi connectivity index (χ3n) is 4.38. The Morgan fingerprint density at radius 1 is 1.21 bits per heavy atom. The Labute approximate surface area is 165 Å². The lowest BCUT2D eigenvalue weighted by Crippen LogP contribution is -2.28. The van der Waals surface area contributed by atoms with Crippen molar-refractivity contribution in [2.75, 3.05) is 30.5 Å². The van der Waals surface area contributed by atoms with Crippen molar-refractivity contribution in [3.63, 3.8) is 0 Å². The number of para-hydroxylation sites is 2. The van der Waals surface area contributed by atoms with Crippen LogP contribution in [-0.4, -0.2) is 38.0 Å². The minimum absolute atomic E-state index is 0.0724. The van der Waals surface area contributed by atoms with Crippen LogP contribution in [0.3, 0.4) is 0 Å². The van der Waals surface area contributed by atoms with Gasteiger partial charge in [-0.1, -0.05) is 12.1 Å². The number of amides is 2. The van der Waals surface area contributed by atoms with E-state index in [9.17, 15) is 23.2 Å². The SMILES string of the molecule is COc1ccccc1N1C[C@H](C(=O)OCC(=O)Nc2cc(F)ccc2F)CC1=O. The van der Waals surface area contributed by atoms with E-state index in [1.54, 1.807) is 24.3 Å². The smallest absolute Gasteiger partial charge is 0.311 e. The first-order chi connectivity index (χ1) is 13.9. The molecule has 0 spiro atoms. The molecular formula is C20H18F2N2O5. The van der Waals surface area contributed by atoms with Crippen LogP contribution in [0.25, 0.3) is 0 Å². The predicted octanol–water partition coefficient (Wildman–Crippen LogP) is 2.51. The Kier molecular flexibility index (Phi) is 6.06. The summed E-state index contributed by atoms with van der Waals surface area (Å²) in [4.78, 5) is 37.8. The van der Waals surface area contributed by atoms with Crippen LogP contribution < -0.4 is 15.0 Å². The highest BCUT2D eigenvalue weighted by Gasteiger charge is 2.37. The van der Waals surface area contributed by atoms with Crippen molar-refractivity contribution in [1.29, 1.82) is 0 Å². The van der Waals surface area contributed by atoms with Crippen molar-refractivity contribution in [2.24, 2.45) is 5.92 Å². The summed E-state index contributed by atoms with van der Waals surface area (Å²) < 4.78 is 36.9. The van der Waals surface area contributed by atoms with Gasteiger partial charge in [0.15, 0.2) is 6.61 Å². The summed E-state index contributed by atoms with van der Waals surface area (Å²) in [6.07, 6.45) is -0.0724. The van der Waals surface area contributed by atoms with E-state index in [0.717, 1.165) is 18.2 Å². The summed E-state index contributed by atoms with van der Waals surface area (Å²) in [5, 5.41) is 2.13. The van der Waals surface area contributed by atoms with Gasteiger partial charge in [0.2, 0.25) is 5.91 Å². The molecule has 3 rings (SSSR count). The lowest BCUT2D eigenvalue weighted by molar-refractivity contribution is -0.151. The fourth-order valence-corrected chi connectivity index (χ4v) is 2.99. The van der Waals surface area contributed by atoms with Gasteiger partial charge in [-0.3, -0.25) is 14.4 Å². The second kappa shape index (κ2) is 8.68. The second-order valence-electron chi connectivity index (χ2n) is 6.36. The average Bonchev–Trinajstić information content (AvgIpc) is 3.10. The van der Waals surface area contributed by atoms with E-state index in [1.165, 1.54) is 12.0 Å². The Hall–Kier alpha value is -3.49. The quantitative estimate of drug-likeness (QED) is 0.748. The molecule has 29 heavy (non-hydrogen) atoms. The summed E-state index contributed by atoms with van der Waals surface area (Å²) >= 11 is 0. The average molecular weight is 404 g/mol. The van der Waals surface area contributed by atoms with Gasteiger partial charge in [-0.2, -0.15) is 0 Å². The van der Waals surface area contributed by atoms with Crippen molar-refractivity contribution >= 4 is 29.2 Å². The molecule has 1 aliphatic heterocycles. The molecule has 9 heteroatoms. The van der Waals surface area contributed by atoms with E-state index in [1.807, 2.05) is 0 Å². The lowest BCUT2D eigenvalue weighted by Gasteiger charge is -2.19. The summed E-state index contributed by atoms with van der Waals surface area (Å²) in [6, 6.07) is 9.50. The van der Waals surface area contributed by atoms with Crippen molar-refractivity contribution in [3.8, 4) is 5.75 Å². The maximum Gasteiger partial charge on any atom is 0.311 e. The number of carbonyl (C=O) groups excluding carboxylic acids is 3. The molecule has 1 fully saturated rings. The fraction of sp³-hybridized carbons (Fsp3) is 0.250. The van der Waals surface area contributed by atoms with Crippen LogP contribution in [0.1, 0.15) is 6.42 Å². The maximum absolute atomic E-state index is 13.5. The minimum Gasteiger partial charge on any atom is -0.495 e. The van der Waals surface area contributed by atoms with E-state index in [2.05, 4.69) is 5.32 Å². The number of nitrogens with zero attached hydrogens (tertiary/aromatic N) is 1. The predicted molar refractivity (Wildman–Crippen MR) is 99.4 cm³/mol. The summed E-state index contributed by atoms with van der Waals surface area (Å²) in [5.41, 5.74) is 0.180. The zero-order chi connectivity index (χ0) is 21.0. The molecule has 1 saturated heterocycles. The number of esters is 1. The van der Waals surface area contributed by atoms with Crippen LogP contribution in [0, 0.1) is 17.6 Å². The van der Waals surface area contributed by atoms with Gasteiger partial charge in [-0.05, 0) is 24.3 Å². The van der Waals surface area contributed by atoms with E-state index >= 15 is 0 Å². The largest absolute Gasteiger partial charge is 0.495 e. The van der Waals surface area contributed by atoms with Crippen LogP contribution in [0.5, 0.6) is 5.75 Å². The van der Waals surface area contributed by atoms with Crippen molar-refractivity contribution in [3.05, 3.63) is 54.1 Å². The van der Waals surface area contributed by atoms with Crippen LogP contribution in [0.4, 0.5) is 20.2 Å². The maximum atomic E-state index is 13.5. The first-order valence-corrected chi connectivity index (χ1v) is 8.74. The zero-order valence-electron chi connectivity index (χ0n) is 15.5. The van der Waals surface area contributed by atoms with Crippen LogP contribution in [0.15, 0.2) is 42.5 Å². The molecule has 0 saturated carbocycles. The molecule has 152 valence electrons. The lowest BCUT2D eigenvalue weighted by atomic mass is 10.1. The van der Waals surface area contributed by atoms with E-state index in [4.69, 9.17) is 9.47 Å². The number of ether oxygens (including phenoxy) is 2. The standard InChI is InChI=1S/C20H18F2N2O5/c1-28-17-5-3-2-4-16(17)24-10-12(8-19(24)26)20(27)29-11-18(25)23-15-9-13(21)6-7-14(15)22/h2-7,9,12H,8,10-11H2,1H3,(H,23,25)/t12-/m1/s1. The molecule has 1 N–H and O–H groups in total. The Balaban J connectivity index is 1.57. The molecule has 0 aromatic heterocycles.